The smallest absolute Gasteiger partial charge is 0.306 e. The number of esters is 1. The Kier molecular flexibility index (Phi) is 7.37. The van der Waals surface area contributed by atoms with Gasteiger partial charge in [0.05, 0.1) is 13.5 Å². The highest BCUT2D eigenvalue weighted by Gasteiger charge is 2.23. The molecule has 2 atom stereocenters. The van der Waals surface area contributed by atoms with Crippen molar-refractivity contribution in [3.63, 3.8) is 0 Å². The summed E-state index contributed by atoms with van der Waals surface area (Å²) in [6, 6.07) is -0.388. The van der Waals surface area contributed by atoms with E-state index in [4.69, 9.17) is 5.11 Å². The Morgan fingerprint density at radius 3 is 2.44 bits per heavy atom. The number of methoxy groups -OCH3 is 1. The van der Waals surface area contributed by atoms with Crippen LogP contribution in [0.3, 0.4) is 0 Å². The molecule has 2 N–H and O–H groups in total. The molecule has 0 radical (unpaired) electrons. The molecule has 0 spiro atoms. The number of nitrogens with zero attached hydrogens (tertiary/aromatic N) is 1. The van der Waals surface area contributed by atoms with Crippen LogP contribution >= 0.6 is 0 Å². The van der Waals surface area contributed by atoms with Gasteiger partial charge in [-0.15, -0.1) is 0 Å². The predicted molar refractivity (Wildman–Crippen MR) is 67.0 cm³/mol. The molecule has 18 heavy (non-hydrogen) atoms. The number of carbonyl (C=O) groups is 1. The van der Waals surface area contributed by atoms with Gasteiger partial charge in [-0.25, -0.2) is 0 Å². The monoisotopic (exact) mass is 282 g/mol. The Hall–Kier alpha value is -0.700. The average Bonchev–Trinajstić information content (AvgIpc) is 2.33. The molecule has 0 fully saturated rings. The largest absolute Gasteiger partial charge is 0.469 e. The minimum atomic E-state index is -3.65. The normalized spacial score (nSPS) is 15.4. The first-order valence-electron chi connectivity index (χ1n) is 5.65. The highest BCUT2D eigenvalue weighted by Crippen LogP contribution is 2.05. The Bertz CT molecular complexity index is 357. The summed E-state index contributed by atoms with van der Waals surface area (Å²) in [5, 5.41) is 8.94. The zero-order chi connectivity index (χ0) is 14.3. The Morgan fingerprint density at radius 2 is 2.00 bits per heavy atom. The van der Waals surface area contributed by atoms with E-state index in [0.29, 0.717) is 0 Å². The van der Waals surface area contributed by atoms with Crippen molar-refractivity contribution in [3.8, 4) is 0 Å². The van der Waals surface area contributed by atoms with E-state index in [0.717, 1.165) is 4.31 Å². The van der Waals surface area contributed by atoms with Gasteiger partial charge in [-0.3, -0.25) is 4.79 Å². The summed E-state index contributed by atoms with van der Waals surface area (Å²) in [4.78, 5) is 10.9. The topological polar surface area (TPSA) is 95.9 Å². The molecular weight excluding hydrogens is 260 g/mol. The van der Waals surface area contributed by atoms with Gasteiger partial charge in [0.25, 0.3) is 10.2 Å². The van der Waals surface area contributed by atoms with Gasteiger partial charge < -0.3 is 9.84 Å². The SMILES string of the molecule is COC(=O)CCN(C)S(=O)(=O)NC(C)C(C)CO. The lowest BCUT2D eigenvalue weighted by Crippen LogP contribution is -2.46. The first kappa shape index (κ1) is 17.3. The number of rotatable bonds is 8. The Morgan fingerprint density at radius 1 is 1.44 bits per heavy atom. The van der Waals surface area contributed by atoms with Crippen molar-refractivity contribution in [2.45, 2.75) is 26.3 Å². The minimum absolute atomic E-state index is 0.00214. The summed E-state index contributed by atoms with van der Waals surface area (Å²) in [5.74, 6) is -0.650. The molecule has 0 amide bonds. The van der Waals surface area contributed by atoms with Crippen LogP contribution in [0.4, 0.5) is 0 Å². The number of hydrogen-bond acceptors (Lipinski definition) is 5. The second-order valence-corrected chi connectivity index (χ2v) is 6.03. The second-order valence-electron chi connectivity index (χ2n) is 4.22. The van der Waals surface area contributed by atoms with E-state index in [9.17, 15) is 13.2 Å². The van der Waals surface area contributed by atoms with Crippen molar-refractivity contribution in [1.82, 2.24) is 9.03 Å². The summed E-state index contributed by atoms with van der Waals surface area (Å²) in [5.41, 5.74) is 0. The van der Waals surface area contributed by atoms with Gasteiger partial charge in [0.15, 0.2) is 0 Å². The van der Waals surface area contributed by atoms with Crippen molar-refractivity contribution in [2.75, 3.05) is 27.3 Å². The van der Waals surface area contributed by atoms with Gasteiger partial charge in [-0.05, 0) is 12.8 Å². The van der Waals surface area contributed by atoms with Crippen molar-refractivity contribution in [1.29, 1.82) is 0 Å². The van der Waals surface area contributed by atoms with E-state index >= 15 is 0 Å². The van der Waals surface area contributed by atoms with Crippen LogP contribution in [0.25, 0.3) is 0 Å². The molecule has 108 valence electrons. The summed E-state index contributed by atoms with van der Waals surface area (Å²) in [6.07, 6.45) is -0.00214. The molecular formula is C10H22N2O5S. The van der Waals surface area contributed by atoms with Crippen LogP contribution in [-0.4, -0.2) is 57.1 Å². The lowest BCUT2D eigenvalue weighted by atomic mass is 10.1. The fourth-order valence-electron chi connectivity index (χ4n) is 1.07. The molecule has 0 aromatic carbocycles. The van der Waals surface area contributed by atoms with Gasteiger partial charge in [-0.2, -0.15) is 17.4 Å². The average molecular weight is 282 g/mol. The molecule has 0 bridgehead atoms. The fraction of sp³-hybridized carbons (Fsp3) is 0.900. The molecule has 0 rings (SSSR count). The fourth-order valence-corrected chi connectivity index (χ4v) is 2.28. The van der Waals surface area contributed by atoms with Crippen LogP contribution < -0.4 is 4.72 Å². The Balaban J connectivity index is 4.40. The Labute approximate surface area is 108 Å². The van der Waals surface area contributed by atoms with Crippen molar-refractivity contribution >= 4 is 16.2 Å². The number of carbonyl (C=O) groups excluding carboxylic acids is 1. The van der Waals surface area contributed by atoms with E-state index in [2.05, 4.69) is 9.46 Å². The minimum Gasteiger partial charge on any atom is -0.469 e. The molecule has 0 saturated heterocycles. The molecule has 0 aromatic heterocycles. The van der Waals surface area contributed by atoms with Crippen LogP contribution in [0, 0.1) is 5.92 Å². The lowest BCUT2D eigenvalue weighted by Gasteiger charge is -2.23. The third-order valence-electron chi connectivity index (χ3n) is 2.75. The van der Waals surface area contributed by atoms with Crippen molar-refractivity contribution < 1.29 is 23.1 Å². The van der Waals surface area contributed by atoms with Gasteiger partial charge in [0.1, 0.15) is 0 Å². The van der Waals surface area contributed by atoms with Crippen LogP contribution in [0.2, 0.25) is 0 Å². The molecule has 0 aliphatic rings. The summed E-state index contributed by atoms with van der Waals surface area (Å²) in [6.45, 7) is 3.35. The maximum Gasteiger partial charge on any atom is 0.306 e. The van der Waals surface area contributed by atoms with E-state index in [1.165, 1.54) is 14.2 Å². The predicted octanol–water partition coefficient (Wildman–Crippen LogP) is -0.667. The first-order chi connectivity index (χ1) is 8.24. The van der Waals surface area contributed by atoms with E-state index in [1.807, 2.05) is 0 Å². The second kappa shape index (κ2) is 7.67. The number of nitrogens with one attached hydrogen (secondary N) is 1. The molecule has 0 aromatic rings. The van der Waals surface area contributed by atoms with E-state index in [-0.39, 0.29) is 31.5 Å². The summed E-state index contributed by atoms with van der Waals surface area (Å²) < 4.78 is 31.6. The molecule has 0 aliphatic heterocycles. The van der Waals surface area contributed by atoms with Gasteiger partial charge in [-0.1, -0.05) is 6.92 Å². The number of aliphatic hydroxyl groups excluding tert-OH is 1. The number of ether oxygens (including phenoxy) is 1. The van der Waals surface area contributed by atoms with Gasteiger partial charge in [0, 0.05) is 26.2 Å². The third-order valence-corrected chi connectivity index (χ3v) is 4.42. The van der Waals surface area contributed by atoms with Gasteiger partial charge >= 0.3 is 5.97 Å². The zero-order valence-corrected chi connectivity index (χ0v) is 12.0. The van der Waals surface area contributed by atoms with E-state index < -0.39 is 16.2 Å². The van der Waals surface area contributed by atoms with Crippen molar-refractivity contribution in [2.24, 2.45) is 5.92 Å². The summed E-state index contributed by atoms with van der Waals surface area (Å²) >= 11 is 0. The maximum absolute atomic E-state index is 11.8. The molecule has 0 heterocycles. The highest BCUT2D eigenvalue weighted by molar-refractivity contribution is 7.87. The lowest BCUT2D eigenvalue weighted by molar-refractivity contribution is -0.140. The highest BCUT2D eigenvalue weighted by atomic mass is 32.2. The zero-order valence-electron chi connectivity index (χ0n) is 11.2. The van der Waals surface area contributed by atoms with Crippen molar-refractivity contribution in [3.05, 3.63) is 0 Å². The standard InChI is InChI=1S/C10H22N2O5S/c1-8(7-13)9(2)11-18(15,16)12(3)6-5-10(14)17-4/h8-9,11,13H,5-7H2,1-4H3. The van der Waals surface area contributed by atoms with Crippen LogP contribution in [0.1, 0.15) is 20.3 Å². The molecule has 8 heteroatoms. The summed E-state index contributed by atoms with van der Waals surface area (Å²) in [7, 11) is -1.03. The molecule has 7 nitrogen and oxygen atoms in total. The molecule has 0 aliphatic carbocycles. The van der Waals surface area contributed by atoms with Crippen LogP contribution in [0.15, 0.2) is 0 Å². The van der Waals surface area contributed by atoms with Crippen LogP contribution in [0.5, 0.6) is 0 Å². The number of hydrogen-bond donors (Lipinski definition) is 2. The first-order valence-corrected chi connectivity index (χ1v) is 7.09. The third kappa shape index (κ3) is 5.76. The maximum atomic E-state index is 11.8. The molecule has 0 saturated carbocycles. The van der Waals surface area contributed by atoms with E-state index in [1.54, 1.807) is 13.8 Å². The number of aliphatic hydroxyl groups is 1. The van der Waals surface area contributed by atoms with Gasteiger partial charge in [0.2, 0.25) is 0 Å². The molecule has 2 unspecified atom stereocenters. The van der Waals surface area contributed by atoms with Crippen LogP contribution in [-0.2, 0) is 19.7 Å². The quantitative estimate of drug-likeness (QED) is 0.576.